The number of quaternary nitrogens is 2. The predicted octanol–water partition coefficient (Wildman–Crippen LogP) is -1.42. The lowest BCUT2D eigenvalue weighted by Gasteiger charge is -2.22. The van der Waals surface area contributed by atoms with E-state index in [1.54, 1.807) is 4.90 Å². The predicted molar refractivity (Wildman–Crippen MR) is 177 cm³/mol. The van der Waals surface area contributed by atoms with Crippen molar-refractivity contribution < 1.29 is 90.9 Å². The zero-order valence-electron chi connectivity index (χ0n) is 32.2. The molecular weight excluding hydrogens is 720 g/mol. The molecule has 0 aromatic carbocycles. The lowest BCUT2D eigenvalue weighted by molar-refractivity contribution is -0.870. The van der Waals surface area contributed by atoms with Crippen LogP contribution >= 0.6 is 0 Å². The van der Waals surface area contributed by atoms with E-state index in [0.717, 1.165) is 31.8 Å². The number of likely N-dealkylation sites (N-methyl/N-ethyl adjacent to an activating group) is 4. The molecule has 24 heteroatoms. The van der Waals surface area contributed by atoms with Gasteiger partial charge in [-0.3, -0.25) is 18.1 Å². The molecule has 0 aromatic rings. The van der Waals surface area contributed by atoms with Crippen LogP contribution in [0.1, 0.15) is 0 Å². The van der Waals surface area contributed by atoms with Gasteiger partial charge >= 0.3 is 24.2 Å². The number of ether oxygens (including phenoxy) is 6. The minimum atomic E-state index is -4.41. The van der Waals surface area contributed by atoms with Gasteiger partial charge in [0.25, 0.3) is 0 Å². The van der Waals surface area contributed by atoms with Crippen LogP contribution in [0.3, 0.4) is 0 Å². The molecule has 0 saturated heterocycles. The number of carbonyl (C=O) groups is 4. The molecule has 0 amide bonds. The van der Waals surface area contributed by atoms with Crippen molar-refractivity contribution in [1.29, 1.82) is 0 Å². The van der Waals surface area contributed by atoms with Crippen LogP contribution in [0.4, 0.5) is 9.59 Å². The van der Waals surface area contributed by atoms with Gasteiger partial charge in [-0.1, -0.05) is 0 Å². The summed E-state index contributed by atoms with van der Waals surface area (Å²) in [5.41, 5.74) is 0. The fourth-order valence-corrected chi connectivity index (χ4v) is 1.61. The minimum Gasteiger partial charge on any atom is -0.726 e. The standard InChI is InChI=1S/C7H16NO3.C6H13NO3.C6H14NO2.C5H11NO2.2CH4O4S/c1-8(2,3)5-6-11-7(9)10-4;1-7(2)4-5-10-6(8)9-3;1-7(2,3)5-6(8)9-4;1-6(2)4-5(7)8-3;2*1-5-6(2,3)4/h5-6H2,1-4H3;4-5H2,1-3H3;5H2,1-4H3;4H2,1-3H3;2*1H3,(H,2,3,4)/q+1;;+1;;;/p-2. The van der Waals surface area contributed by atoms with Gasteiger partial charge in [-0.15, -0.1) is 0 Å². The lowest BCUT2D eigenvalue weighted by Crippen LogP contribution is -2.39. The first kappa shape index (κ1) is 59.2. The third-order valence-corrected chi connectivity index (χ3v) is 4.80. The lowest BCUT2D eigenvalue weighted by atomic mass is 10.5. The highest BCUT2D eigenvalue weighted by Crippen LogP contribution is 1.91. The molecule has 0 unspecified atom stereocenters. The van der Waals surface area contributed by atoms with E-state index in [4.69, 9.17) is 4.74 Å². The first-order valence-electron chi connectivity index (χ1n) is 13.8. The van der Waals surface area contributed by atoms with Crippen molar-refractivity contribution >= 4 is 45.0 Å². The van der Waals surface area contributed by atoms with E-state index < -0.39 is 33.1 Å². The van der Waals surface area contributed by atoms with Crippen molar-refractivity contribution in [1.82, 2.24) is 9.80 Å². The first-order chi connectivity index (χ1) is 22.4. The van der Waals surface area contributed by atoms with E-state index in [1.165, 1.54) is 28.4 Å². The molecule has 0 fully saturated rings. The molecule has 0 rings (SSSR count). The van der Waals surface area contributed by atoms with Crippen LogP contribution in [-0.2, 0) is 67.2 Å². The third kappa shape index (κ3) is 80.0. The Morgan fingerprint density at radius 3 is 1.08 bits per heavy atom. The number of hydrogen-bond donors (Lipinski definition) is 0. The summed E-state index contributed by atoms with van der Waals surface area (Å²) in [5.74, 6) is -0.363. The molecule has 0 aliphatic heterocycles. The summed E-state index contributed by atoms with van der Waals surface area (Å²) in [5, 5.41) is 0. The maximum absolute atomic E-state index is 10.6. The summed E-state index contributed by atoms with van der Waals surface area (Å²) in [6.45, 7) is 3.06. The molecule has 0 N–H and O–H groups in total. The van der Waals surface area contributed by atoms with Crippen LogP contribution in [0, 0.1) is 0 Å². The van der Waals surface area contributed by atoms with Gasteiger partial charge in [-0.05, 0) is 28.2 Å². The number of hydrogen-bond acceptors (Lipinski definition) is 20. The van der Waals surface area contributed by atoms with Crippen LogP contribution in [-0.4, -0.2) is 221 Å². The highest BCUT2D eigenvalue weighted by atomic mass is 32.3. The van der Waals surface area contributed by atoms with Crippen molar-refractivity contribution in [3.8, 4) is 0 Å². The molecule has 0 aromatic heterocycles. The summed E-state index contributed by atoms with van der Waals surface area (Å²) >= 11 is 0. The summed E-state index contributed by atoms with van der Waals surface area (Å²) in [7, 11) is 17.5. The molecular formula is C26H60N4O18S2. The maximum atomic E-state index is 10.6. The van der Waals surface area contributed by atoms with Crippen molar-refractivity contribution in [3.63, 3.8) is 0 Å². The molecule has 0 radical (unpaired) electrons. The smallest absolute Gasteiger partial charge is 0.508 e. The molecule has 0 heterocycles. The minimum absolute atomic E-state index is 0.164. The fourth-order valence-electron chi connectivity index (χ4n) is 1.61. The monoisotopic (exact) mass is 780 g/mol. The van der Waals surface area contributed by atoms with Gasteiger partial charge in [0.05, 0.1) is 91.5 Å². The average molecular weight is 781 g/mol. The van der Waals surface area contributed by atoms with Crippen LogP contribution in [0.15, 0.2) is 0 Å². The second-order valence-electron chi connectivity index (χ2n) is 11.4. The number of esters is 2. The van der Waals surface area contributed by atoms with E-state index in [2.05, 4.69) is 32.1 Å². The van der Waals surface area contributed by atoms with E-state index in [0.29, 0.717) is 30.8 Å². The van der Waals surface area contributed by atoms with E-state index >= 15 is 0 Å². The van der Waals surface area contributed by atoms with Crippen LogP contribution in [0.25, 0.3) is 0 Å². The van der Waals surface area contributed by atoms with Crippen molar-refractivity contribution in [3.05, 3.63) is 0 Å². The number of rotatable bonds is 12. The summed E-state index contributed by atoms with van der Waals surface area (Å²) in [6, 6.07) is 0. The summed E-state index contributed by atoms with van der Waals surface area (Å²) in [4.78, 5) is 45.4. The Labute approximate surface area is 298 Å². The largest absolute Gasteiger partial charge is 0.726 e. The summed E-state index contributed by atoms with van der Waals surface area (Å²) < 4.78 is 90.1. The average Bonchev–Trinajstić information content (AvgIpc) is 2.95. The van der Waals surface area contributed by atoms with Gasteiger partial charge in [0.1, 0.15) is 19.8 Å². The fraction of sp³-hybridized carbons (Fsp3) is 0.846. The number of methoxy groups -OCH3 is 4. The van der Waals surface area contributed by atoms with E-state index in [1.807, 2.05) is 75.4 Å². The van der Waals surface area contributed by atoms with Crippen molar-refractivity contribution in [2.45, 2.75) is 0 Å². The maximum Gasteiger partial charge on any atom is 0.508 e. The van der Waals surface area contributed by atoms with E-state index in [9.17, 15) is 45.1 Å². The SMILES string of the molecule is COC(=O)CN(C)C.COC(=O)C[N+](C)(C)C.COC(=O)OCCN(C)C.COC(=O)OCC[N+](C)(C)C.COS(=O)(=O)[O-].COS(=O)(=O)[O-]. The van der Waals surface area contributed by atoms with E-state index in [-0.39, 0.29) is 11.9 Å². The van der Waals surface area contributed by atoms with Crippen molar-refractivity contribution in [2.75, 3.05) is 153 Å². The third-order valence-electron chi connectivity index (χ3n) is 3.99. The summed E-state index contributed by atoms with van der Waals surface area (Å²) in [6.07, 6.45) is -1.24. The molecule has 22 nitrogen and oxygen atoms in total. The molecule has 0 atom stereocenters. The molecule has 0 spiro atoms. The van der Waals surface area contributed by atoms with Gasteiger partial charge in [-0.25, -0.2) is 31.2 Å². The molecule has 304 valence electrons. The van der Waals surface area contributed by atoms with Gasteiger partial charge in [-0.2, -0.15) is 0 Å². The Balaban J connectivity index is -0.000000118. The zero-order chi connectivity index (χ0) is 41.4. The second-order valence-corrected chi connectivity index (χ2v) is 13.7. The van der Waals surface area contributed by atoms with Gasteiger partial charge in [0.2, 0.25) is 20.8 Å². The molecule has 0 saturated carbocycles. The van der Waals surface area contributed by atoms with Gasteiger partial charge in [0, 0.05) is 6.54 Å². The second kappa shape index (κ2) is 33.2. The van der Waals surface area contributed by atoms with Gasteiger partial charge < -0.3 is 51.4 Å². The molecule has 0 aliphatic rings. The number of nitrogens with zero attached hydrogens (tertiary/aromatic N) is 4. The van der Waals surface area contributed by atoms with Gasteiger partial charge in [0.15, 0.2) is 6.54 Å². The molecule has 50 heavy (non-hydrogen) atoms. The molecule has 0 bridgehead atoms. The number of carbonyl (C=O) groups excluding carboxylic acids is 4. The zero-order valence-corrected chi connectivity index (χ0v) is 33.8. The Kier molecular flexibility index (Phi) is 39.3. The molecule has 0 aliphatic carbocycles. The first-order valence-corrected chi connectivity index (χ1v) is 16.5. The Hall–Kier alpha value is -2.94. The highest BCUT2D eigenvalue weighted by Gasteiger charge is 2.13. The normalized spacial score (nSPS) is 10.6. The Morgan fingerprint density at radius 2 is 0.900 bits per heavy atom. The van der Waals surface area contributed by atoms with Crippen LogP contribution in [0.5, 0.6) is 0 Å². The quantitative estimate of drug-likeness (QED) is 0.0723. The Bertz CT molecular complexity index is 1060. The Morgan fingerprint density at radius 1 is 0.560 bits per heavy atom. The van der Waals surface area contributed by atoms with Crippen LogP contribution in [0.2, 0.25) is 0 Å². The van der Waals surface area contributed by atoms with Crippen molar-refractivity contribution in [2.24, 2.45) is 0 Å². The van der Waals surface area contributed by atoms with Crippen LogP contribution < -0.4 is 0 Å². The topological polar surface area (TPSA) is 263 Å². The highest BCUT2D eigenvalue weighted by molar-refractivity contribution is 7.81.